The van der Waals surface area contributed by atoms with Gasteiger partial charge in [0, 0.05) is 50.8 Å². The average molecular weight is 384 g/mol. The summed E-state index contributed by atoms with van der Waals surface area (Å²) in [6, 6.07) is 11.1. The molecule has 1 aromatic rings. The highest BCUT2D eigenvalue weighted by Crippen LogP contribution is 2.34. The molecule has 4 rings (SSSR count). The average Bonchev–Trinajstić information content (AvgIpc) is 2.75. The van der Waals surface area contributed by atoms with Crippen molar-refractivity contribution in [2.45, 2.75) is 56.7 Å². The van der Waals surface area contributed by atoms with Crippen molar-refractivity contribution in [3.05, 3.63) is 60.0 Å². The second-order valence-corrected chi connectivity index (χ2v) is 8.71. The second kappa shape index (κ2) is 9.34. The van der Waals surface area contributed by atoms with Gasteiger partial charge < -0.3 is 5.32 Å². The van der Waals surface area contributed by atoms with Gasteiger partial charge in [0.1, 0.15) is 5.83 Å². The smallest absolute Gasteiger partial charge is 0.119 e. The van der Waals surface area contributed by atoms with Crippen LogP contribution in [0.3, 0.4) is 0 Å². The Hall–Kier alpha value is -1.49. The molecule has 1 aromatic carbocycles. The predicted octanol–water partition coefficient (Wildman–Crippen LogP) is 4.28. The fourth-order valence-corrected chi connectivity index (χ4v) is 5.10. The number of hydrogen-bond acceptors (Lipinski definition) is 3. The van der Waals surface area contributed by atoms with E-state index in [9.17, 15) is 4.39 Å². The number of rotatable bonds is 6. The van der Waals surface area contributed by atoms with E-state index in [4.69, 9.17) is 0 Å². The molecule has 152 valence electrons. The van der Waals surface area contributed by atoms with Crippen LogP contribution in [0.2, 0.25) is 0 Å². The Bertz CT molecular complexity index is 670. The Balaban J connectivity index is 1.33. The molecule has 0 spiro atoms. The van der Waals surface area contributed by atoms with Gasteiger partial charge in [-0.25, -0.2) is 4.39 Å². The lowest BCUT2D eigenvalue weighted by Gasteiger charge is -2.50. The van der Waals surface area contributed by atoms with Gasteiger partial charge in [0.2, 0.25) is 0 Å². The minimum atomic E-state index is -0.0973. The zero-order chi connectivity index (χ0) is 19.2. The Morgan fingerprint density at radius 2 is 1.75 bits per heavy atom. The predicted molar refractivity (Wildman–Crippen MR) is 114 cm³/mol. The zero-order valence-electron chi connectivity index (χ0n) is 17.0. The van der Waals surface area contributed by atoms with Crippen molar-refractivity contribution in [3.63, 3.8) is 0 Å². The minimum Gasteiger partial charge on any atom is -0.308 e. The van der Waals surface area contributed by atoms with Crippen molar-refractivity contribution >= 4 is 0 Å². The maximum absolute atomic E-state index is 13.2. The van der Waals surface area contributed by atoms with E-state index in [1.807, 2.05) is 6.08 Å². The van der Waals surface area contributed by atoms with Crippen LogP contribution in [-0.2, 0) is 6.54 Å². The standard InChI is InChI=1S/C24H34FN3/c25-22-9-11-23(12-10-22)26-20-24(13-5-2-6-14-24)28-17-15-27(16-18-28)19-21-7-3-1-4-8-21/h1,3-4,7-11,23,26H,2,5-6,12-20H2. The molecule has 28 heavy (non-hydrogen) atoms. The number of hydrogen-bond donors (Lipinski definition) is 1. The highest BCUT2D eigenvalue weighted by molar-refractivity contribution is 5.19. The van der Waals surface area contributed by atoms with Crippen LogP contribution in [0.1, 0.15) is 44.1 Å². The number of benzene rings is 1. The van der Waals surface area contributed by atoms with Gasteiger partial charge in [-0.3, -0.25) is 9.80 Å². The quantitative estimate of drug-likeness (QED) is 0.791. The summed E-state index contributed by atoms with van der Waals surface area (Å²) >= 11 is 0. The normalized spacial score (nSPS) is 26.2. The first kappa shape index (κ1) is 19.8. The summed E-state index contributed by atoms with van der Waals surface area (Å²) in [4.78, 5) is 5.36. The molecule has 3 aliphatic rings. The van der Waals surface area contributed by atoms with Crippen LogP contribution in [0.5, 0.6) is 0 Å². The molecule has 2 aliphatic carbocycles. The van der Waals surface area contributed by atoms with Crippen LogP contribution in [-0.4, -0.2) is 54.1 Å². The molecule has 2 fully saturated rings. The van der Waals surface area contributed by atoms with Crippen molar-refractivity contribution in [1.29, 1.82) is 0 Å². The molecule has 1 saturated carbocycles. The van der Waals surface area contributed by atoms with E-state index in [1.54, 1.807) is 12.2 Å². The number of piperazine rings is 1. The molecular formula is C24H34FN3. The van der Waals surface area contributed by atoms with Crippen LogP contribution in [0.15, 0.2) is 54.4 Å². The lowest BCUT2D eigenvalue weighted by Crippen LogP contribution is -2.62. The minimum absolute atomic E-state index is 0.0973. The summed E-state index contributed by atoms with van der Waals surface area (Å²) in [6.07, 6.45) is 12.7. The maximum atomic E-state index is 13.2. The lowest BCUT2D eigenvalue weighted by molar-refractivity contribution is 0.00500. The van der Waals surface area contributed by atoms with Crippen LogP contribution < -0.4 is 5.32 Å². The molecule has 1 N–H and O–H groups in total. The summed E-state index contributed by atoms with van der Waals surface area (Å²) in [5, 5.41) is 3.75. The Kier molecular flexibility index (Phi) is 6.61. The third-order valence-electron chi connectivity index (χ3n) is 6.82. The van der Waals surface area contributed by atoms with Gasteiger partial charge in [-0.1, -0.05) is 55.7 Å². The lowest BCUT2D eigenvalue weighted by atomic mass is 9.79. The Morgan fingerprint density at radius 1 is 1.00 bits per heavy atom. The van der Waals surface area contributed by atoms with Crippen molar-refractivity contribution in [1.82, 2.24) is 15.1 Å². The molecule has 1 heterocycles. The summed E-state index contributed by atoms with van der Waals surface area (Å²) < 4.78 is 13.2. The monoisotopic (exact) mass is 383 g/mol. The number of nitrogens with one attached hydrogen (secondary N) is 1. The third-order valence-corrected chi connectivity index (χ3v) is 6.82. The molecular weight excluding hydrogens is 349 g/mol. The summed E-state index contributed by atoms with van der Waals surface area (Å²) in [7, 11) is 0. The van der Waals surface area contributed by atoms with E-state index in [2.05, 4.69) is 45.4 Å². The van der Waals surface area contributed by atoms with Crippen LogP contribution in [0, 0.1) is 0 Å². The SMILES string of the molecule is FC1=CCC(NCC2(N3CCN(Cc4ccccc4)CC3)CCCCC2)C=C1. The van der Waals surface area contributed by atoms with E-state index >= 15 is 0 Å². The van der Waals surface area contributed by atoms with Gasteiger partial charge in [0.15, 0.2) is 0 Å². The molecule has 1 aliphatic heterocycles. The van der Waals surface area contributed by atoms with Crippen molar-refractivity contribution in [2.75, 3.05) is 32.7 Å². The third kappa shape index (κ3) is 4.91. The first-order valence-electron chi connectivity index (χ1n) is 11.0. The number of nitrogens with zero attached hydrogens (tertiary/aromatic N) is 2. The molecule has 3 nitrogen and oxygen atoms in total. The van der Waals surface area contributed by atoms with Crippen molar-refractivity contribution < 1.29 is 4.39 Å². The van der Waals surface area contributed by atoms with Gasteiger partial charge in [0.25, 0.3) is 0 Å². The summed E-state index contributed by atoms with van der Waals surface area (Å²) in [6.45, 7) is 6.69. The fraction of sp³-hybridized carbons (Fsp3) is 0.583. The van der Waals surface area contributed by atoms with Crippen molar-refractivity contribution in [2.24, 2.45) is 0 Å². The zero-order valence-corrected chi connectivity index (χ0v) is 17.0. The van der Waals surface area contributed by atoms with E-state index in [0.717, 1.165) is 45.7 Å². The molecule has 0 aromatic heterocycles. The van der Waals surface area contributed by atoms with E-state index in [0.29, 0.717) is 0 Å². The summed E-state index contributed by atoms with van der Waals surface area (Å²) in [5.74, 6) is -0.0973. The van der Waals surface area contributed by atoms with Gasteiger partial charge >= 0.3 is 0 Å². The van der Waals surface area contributed by atoms with E-state index in [-0.39, 0.29) is 17.4 Å². The topological polar surface area (TPSA) is 18.5 Å². The van der Waals surface area contributed by atoms with Crippen LogP contribution in [0.4, 0.5) is 4.39 Å². The van der Waals surface area contributed by atoms with E-state index in [1.165, 1.54) is 37.7 Å². The van der Waals surface area contributed by atoms with Gasteiger partial charge in [-0.05, 0) is 37.0 Å². The first-order valence-corrected chi connectivity index (χ1v) is 11.0. The molecule has 1 atom stereocenters. The Morgan fingerprint density at radius 3 is 2.43 bits per heavy atom. The van der Waals surface area contributed by atoms with Gasteiger partial charge in [0.05, 0.1) is 0 Å². The highest BCUT2D eigenvalue weighted by Gasteiger charge is 2.39. The second-order valence-electron chi connectivity index (χ2n) is 8.71. The molecule has 1 saturated heterocycles. The van der Waals surface area contributed by atoms with Gasteiger partial charge in [-0.2, -0.15) is 0 Å². The van der Waals surface area contributed by atoms with Gasteiger partial charge in [-0.15, -0.1) is 0 Å². The number of allylic oxidation sites excluding steroid dienone is 2. The molecule has 0 bridgehead atoms. The first-order chi connectivity index (χ1) is 13.7. The van der Waals surface area contributed by atoms with Crippen molar-refractivity contribution in [3.8, 4) is 0 Å². The largest absolute Gasteiger partial charge is 0.308 e. The van der Waals surface area contributed by atoms with Crippen LogP contribution in [0.25, 0.3) is 0 Å². The maximum Gasteiger partial charge on any atom is 0.119 e. The molecule has 1 unspecified atom stereocenters. The van der Waals surface area contributed by atoms with E-state index < -0.39 is 0 Å². The fourth-order valence-electron chi connectivity index (χ4n) is 5.10. The Labute approximate surface area is 169 Å². The molecule has 0 radical (unpaired) electrons. The highest BCUT2D eigenvalue weighted by atomic mass is 19.1. The summed E-state index contributed by atoms with van der Waals surface area (Å²) in [5.41, 5.74) is 1.69. The molecule has 4 heteroatoms. The number of halogens is 1. The molecule has 0 amide bonds. The van der Waals surface area contributed by atoms with Crippen LogP contribution >= 0.6 is 0 Å².